The van der Waals surface area contributed by atoms with Crippen molar-refractivity contribution in [3.05, 3.63) is 39.9 Å². The molecule has 2 atom stereocenters. The van der Waals surface area contributed by atoms with Crippen LogP contribution in [0.1, 0.15) is 44.1 Å². The van der Waals surface area contributed by atoms with Crippen LogP contribution < -0.4 is 4.74 Å². The molecule has 0 bridgehead atoms. The molecule has 0 radical (unpaired) electrons. The number of hydrogen-bond acceptors (Lipinski definition) is 6. The molecule has 142 valence electrons. The molecule has 0 saturated heterocycles. The molecule has 8 nitrogen and oxygen atoms in total. The molecule has 2 rings (SSSR count). The van der Waals surface area contributed by atoms with E-state index < -0.39 is 34.2 Å². The average molecular weight is 365 g/mol. The first-order valence-electron chi connectivity index (χ1n) is 8.55. The molecule has 2 unspecified atom stereocenters. The molecule has 1 fully saturated rings. The largest absolute Gasteiger partial charge is 0.497 e. The highest BCUT2D eigenvalue weighted by atomic mass is 16.6. The van der Waals surface area contributed by atoms with Gasteiger partial charge in [0, 0.05) is 17.8 Å². The second-order valence-electron chi connectivity index (χ2n) is 6.39. The van der Waals surface area contributed by atoms with E-state index in [2.05, 4.69) is 0 Å². The summed E-state index contributed by atoms with van der Waals surface area (Å²) in [5, 5.41) is 21.7. The number of benzene rings is 1. The van der Waals surface area contributed by atoms with E-state index in [0.29, 0.717) is 24.2 Å². The van der Waals surface area contributed by atoms with Gasteiger partial charge in [-0.2, -0.15) is 0 Å². The van der Waals surface area contributed by atoms with Crippen LogP contribution in [-0.2, 0) is 14.3 Å². The first-order chi connectivity index (χ1) is 12.4. The van der Waals surface area contributed by atoms with Crippen LogP contribution in [0.2, 0.25) is 0 Å². The number of carbonyl (C=O) groups excluding carboxylic acids is 1. The number of ether oxygens (including phenoxy) is 2. The molecule has 8 heteroatoms. The van der Waals surface area contributed by atoms with E-state index in [1.807, 2.05) is 0 Å². The fourth-order valence-corrected chi connectivity index (χ4v) is 3.83. The molecule has 0 heterocycles. The van der Waals surface area contributed by atoms with Crippen molar-refractivity contribution >= 4 is 11.9 Å². The van der Waals surface area contributed by atoms with E-state index in [0.717, 1.165) is 0 Å². The van der Waals surface area contributed by atoms with Crippen LogP contribution in [0.5, 0.6) is 5.75 Å². The highest BCUT2D eigenvalue weighted by molar-refractivity contribution is 5.95. The Morgan fingerprint density at radius 1 is 1.27 bits per heavy atom. The van der Waals surface area contributed by atoms with Gasteiger partial charge in [0.2, 0.25) is 5.54 Å². The molecule has 1 aliphatic carbocycles. The second kappa shape index (κ2) is 8.16. The molecular weight excluding hydrogens is 342 g/mol. The van der Waals surface area contributed by atoms with E-state index in [9.17, 15) is 24.8 Å². The summed E-state index contributed by atoms with van der Waals surface area (Å²) >= 11 is 0. The second-order valence-corrected chi connectivity index (χ2v) is 6.39. The van der Waals surface area contributed by atoms with Crippen LogP contribution in [-0.4, -0.2) is 41.2 Å². The van der Waals surface area contributed by atoms with Crippen molar-refractivity contribution < 1.29 is 29.1 Å². The number of hydrogen-bond donors (Lipinski definition) is 1. The molecule has 1 aromatic rings. The lowest BCUT2D eigenvalue weighted by Crippen LogP contribution is -2.49. The first-order valence-corrected chi connectivity index (χ1v) is 8.55. The van der Waals surface area contributed by atoms with E-state index in [1.165, 1.54) is 7.11 Å². The summed E-state index contributed by atoms with van der Waals surface area (Å²) in [5.74, 6) is -4.60. The van der Waals surface area contributed by atoms with Gasteiger partial charge in [-0.3, -0.25) is 19.7 Å². The summed E-state index contributed by atoms with van der Waals surface area (Å²) in [6.07, 6.45) is 1.67. The fraction of sp³-hybridized carbons (Fsp3) is 0.556. The zero-order valence-corrected chi connectivity index (χ0v) is 14.8. The monoisotopic (exact) mass is 365 g/mol. The molecule has 0 spiro atoms. The zero-order chi connectivity index (χ0) is 19.3. The molecule has 1 aliphatic rings. The molecule has 1 N–H and O–H groups in total. The summed E-state index contributed by atoms with van der Waals surface area (Å²) in [6.45, 7) is 1.57. The van der Waals surface area contributed by atoms with Crippen LogP contribution in [0.4, 0.5) is 0 Å². The minimum Gasteiger partial charge on any atom is -0.497 e. The highest BCUT2D eigenvalue weighted by Crippen LogP contribution is 2.48. The average Bonchev–Trinajstić information content (AvgIpc) is 3.10. The molecule has 1 saturated carbocycles. The Morgan fingerprint density at radius 2 is 1.85 bits per heavy atom. The highest BCUT2D eigenvalue weighted by Gasteiger charge is 2.59. The van der Waals surface area contributed by atoms with Gasteiger partial charge in [-0.1, -0.05) is 12.1 Å². The van der Waals surface area contributed by atoms with Crippen LogP contribution in [0.3, 0.4) is 0 Å². The summed E-state index contributed by atoms with van der Waals surface area (Å²) in [7, 11) is 1.49. The summed E-state index contributed by atoms with van der Waals surface area (Å²) < 4.78 is 10.0. The van der Waals surface area contributed by atoms with Crippen LogP contribution >= 0.6 is 0 Å². The maximum absolute atomic E-state index is 12.4. The quantitative estimate of drug-likeness (QED) is 0.326. The third kappa shape index (κ3) is 3.63. The van der Waals surface area contributed by atoms with Gasteiger partial charge < -0.3 is 14.6 Å². The molecule has 0 amide bonds. The fourth-order valence-electron chi connectivity index (χ4n) is 3.83. The topological polar surface area (TPSA) is 116 Å². The van der Waals surface area contributed by atoms with Crippen molar-refractivity contribution in [2.45, 2.75) is 44.1 Å². The number of aliphatic carboxylic acids is 1. The Hall–Kier alpha value is -2.64. The van der Waals surface area contributed by atoms with Crippen molar-refractivity contribution in [1.82, 2.24) is 0 Å². The van der Waals surface area contributed by atoms with Crippen LogP contribution in [0, 0.1) is 16.0 Å². The minimum atomic E-state index is -1.65. The van der Waals surface area contributed by atoms with Crippen molar-refractivity contribution in [3.63, 3.8) is 0 Å². The SMILES string of the molecule is CCOC(=O)C(C(=O)O)C(c1ccc(OC)cc1)C1([N+](=O)[O-])CCCC1. The standard InChI is InChI=1S/C18H23NO7/c1-3-26-17(22)14(16(20)21)15(12-6-8-13(25-2)9-7-12)18(19(23)24)10-4-5-11-18/h6-9,14-15H,3-5,10-11H2,1-2H3,(H,20,21). The predicted molar refractivity (Wildman–Crippen MR) is 91.7 cm³/mol. The normalized spacial score (nSPS) is 17.9. The van der Waals surface area contributed by atoms with Gasteiger partial charge in [0.1, 0.15) is 5.75 Å². The van der Waals surface area contributed by atoms with Gasteiger partial charge in [-0.15, -0.1) is 0 Å². The van der Waals surface area contributed by atoms with Crippen molar-refractivity contribution in [2.24, 2.45) is 5.92 Å². The van der Waals surface area contributed by atoms with Gasteiger partial charge >= 0.3 is 11.9 Å². The summed E-state index contributed by atoms with van der Waals surface area (Å²) in [4.78, 5) is 35.9. The molecule has 0 aromatic heterocycles. The molecule has 1 aromatic carbocycles. The van der Waals surface area contributed by atoms with Crippen LogP contribution in [0.15, 0.2) is 24.3 Å². The van der Waals surface area contributed by atoms with Gasteiger partial charge in [0.05, 0.1) is 19.6 Å². The van der Waals surface area contributed by atoms with Crippen molar-refractivity contribution in [1.29, 1.82) is 0 Å². The van der Waals surface area contributed by atoms with E-state index >= 15 is 0 Å². The van der Waals surface area contributed by atoms with Gasteiger partial charge in [-0.05, 0) is 37.5 Å². The van der Waals surface area contributed by atoms with Gasteiger partial charge in [0.25, 0.3) is 0 Å². The van der Waals surface area contributed by atoms with Gasteiger partial charge in [0.15, 0.2) is 5.92 Å². The van der Waals surface area contributed by atoms with E-state index in [-0.39, 0.29) is 19.4 Å². The lowest BCUT2D eigenvalue weighted by Gasteiger charge is -2.33. The number of nitro groups is 1. The number of carboxylic acid groups (broad SMARTS) is 1. The zero-order valence-electron chi connectivity index (χ0n) is 14.8. The Labute approximate surface area is 151 Å². The smallest absolute Gasteiger partial charge is 0.321 e. The number of rotatable bonds is 8. The molecular formula is C18H23NO7. The lowest BCUT2D eigenvalue weighted by molar-refractivity contribution is -0.574. The number of carboxylic acids is 1. The minimum absolute atomic E-state index is 0.00338. The number of carbonyl (C=O) groups is 2. The summed E-state index contributed by atoms with van der Waals surface area (Å²) in [5.41, 5.74) is -1.09. The summed E-state index contributed by atoms with van der Waals surface area (Å²) in [6, 6.07) is 6.38. The Kier molecular flexibility index (Phi) is 6.18. The Balaban J connectivity index is 2.61. The van der Waals surface area contributed by atoms with Crippen LogP contribution in [0.25, 0.3) is 0 Å². The number of methoxy groups -OCH3 is 1. The molecule has 26 heavy (non-hydrogen) atoms. The van der Waals surface area contributed by atoms with Crippen molar-refractivity contribution in [2.75, 3.05) is 13.7 Å². The van der Waals surface area contributed by atoms with E-state index in [4.69, 9.17) is 9.47 Å². The maximum Gasteiger partial charge on any atom is 0.321 e. The van der Waals surface area contributed by atoms with E-state index in [1.54, 1.807) is 31.2 Å². The maximum atomic E-state index is 12.4. The lowest BCUT2D eigenvalue weighted by atomic mass is 9.70. The third-order valence-corrected chi connectivity index (χ3v) is 5.03. The first kappa shape index (κ1) is 19.7. The predicted octanol–water partition coefficient (Wildman–Crippen LogP) is 2.63. The number of nitrogens with zero attached hydrogens (tertiary/aromatic N) is 1. The van der Waals surface area contributed by atoms with Crippen molar-refractivity contribution in [3.8, 4) is 5.75 Å². The number of esters is 1. The molecule has 0 aliphatic heterocycles. The van der Waals surface area contributed by atoms with Gasteiger partial charge in [-0.25, -0.2) is 0 Å². The Morgan fingerprint density at radius 3 is 2.27 bits per heavy atom. The Bertz CT molecular complexity index is 665. The third-order valence-electron chi connectivity index (χ3n) is 5.03.